The lowest BCUT2D eigenvalue weighted by molar-refractivity contribution is -0.177. The number of imidazole rings is 1. The topological polar surface area (TPSA) is 132 Å². The molecule has 4 rings (SSSR count). The van der Waals surface area contributed by atoms with E-state index in [1.807, 2.05) is 24.3 Å². The third-order valence-corrected chi connectivity index (χ3v) is 6.42. The van der Waals surface area contributed by atoms with Gasteiger partial charge in [-0.05, 0) is 58.3 Å². The van der Waals surface area contributed by atoms with Crippen LogP contribution in [-0.4, -0.2) is 60.6 Å². The quantitative estimate of drug-likeness (QED) is 0.288. The van der Waals surface area contributed by atoms with Crippen molar-refractivity contribution in [3.63, 3.8) is 0 Å². The minimum Gasteiger partial charge on any atom is -0.479 e. The minimum atomic E-state index is -1.82. The molecule has 4 atom stereocenters. The molecule has 3 heterocycles. The zero-order valence-electron chi connectivity index (χ0n) is 17.2. The van der Waals surface area contributed by atoms with Crippen molar-refractivity contribution in [1.82, 2.24) is 19.5 Å². The molecule has 0 amide bonds. The van der Waals surface area contributed by atoms with E-state index in [-0.39, 0.29) is 11.7 Å². The first-order chi connectivity index (χ1) is 15.3. The molecule has 3 aromatic rings. The average molecular weight is 574 g/mol. The van der Waals surface area contributed by atoms with Crippen LogP contribution in [0.25, 0.3) is 11.2 Å². The number of aliphatic hydroxyl groups excluding tert-OH is 1. The Morgan fingerprint density at radius 1 is 1.44 bits per heavy atom. The maximum absolute atomic E-state index is 11.9. The Balaban J connectivity index is 1.71. The fraction of sp³-hybridized carbons (Fsp3) is 0.400. The van der Waals surface area contributed by atoms with Crippen molar-refractivity contribution in [3.05, 3.63) is 45.0 Å². The third-order valence-electron chi connectivity index (χ3n) is 5.58. The van der Waals surface area contributed by atoms with E-state index in [1.165, 1.54) is 18.0 Å². The van der Waals surface area contributed by atoms with Gasteiger partial charge in [0.05, 0.1) is 6.33 Å². The molecule has 1 aromatic carbocycles. The van der Waals surface area contributed by atoms with Crippen LogP contribution in [0.15, 0.2) is 30.6 Å². The fourth-order valence-electron chi connectivity index (χ4n) is 3.89. The second-order valence-electron chi connectivity index (χ2n) is 7.35. The van der Waals surface area contributed by atoms with Gasteiger partial charge >= 0.3 is 5.97 Å². The van der Waals surface area contributed by atoms with Crippen LogP contribution >= 0.6 is 34.2 Å². The van der Waals surface area contributed by atoms with Gasteiger partial charge in [0.15, 0.2) is 28.8 Å². The summed E-state index contributed by atoms with van der Waals surface area (Å²) in [5.41, 5.74) is -0.0105. The second-order valence-corrected chi connectivity index (χ2v) is 8.93. The number of hydrogen-bond donors (Lipinski definition) is 3. The molecule has 1 saturated heterocycles. The van der Waals surface area contributed by atoms with E-state index in [4.69, 9.17) is 21.1 Å². The molecule has 0 radical (unpaired) electrons. The molecule has 1 fully saturated rings. The smallest absolute Gasteiger partial charge is 0.338 e. The van der Waals surface area contributed by atoms with E-state index in [2.05, 4.69) is 42.9 Å². The summed E-state index contributed by atoms with van der Waals surface area (Å²) in [7, 11) is 1.38. The zero-order valence-corrected chi connectivity index (χ0v) is 20.1. The van der Waals surface area contributed by atoms with Gasteiger partial charge < -0.3 is 25.0 Å². The number of rotatable bonds is 7. The average Bonchev–Trinajstić information content (AvgIpc) is 3.30. The van der Waals surface area contributed by atoms with Crippen molar-refractivity contribution in [2.24, 2.45) is 0 Å². The van der Waals surface area contributed by atoms with Crippen LogP contribution in [0, 0.1) is 3.57 Å². The largest absolute Gasteiger partial charge is 0.479 e. The third kappa shape index (κ3) is 3.92. The molecule has 0 bridgehead atoms. The van der Waals surface area contributed by atoms with Gasteiger partial charge in [0.25, 0.3) is 0 Å². The van der Waals surface area contributed by atoms with Crippen LogP contribution in [0.5, 0.6) is 0 Å². The van der Waals surface area contributed by atoms with E-state index in [1.54, 1.807) is 6.92 Å². The number of benzene rings is 1. The summed E-state index contributed by atoms with van der Waals surface area (Å²) in [6.07, 6.45) is -1.84. The summed E-state index contributed by atoms with van der Waals surface area (Å²) in [6.45, 7) is 2.12. The minimum absolute atomic E-state index is 0.0168. The number of anilines is 1. The summed E-state index contributed by atoms with van der Waals surface area (Å²) < 4.78 is 13.9. The van der Waals surface area contributed by atoms with Gasteiger partial charge in [-0.1, -0.05) is 19.1 Å². The molecule has 0 spiro atoms. The lowest BCUT2D eigenvalue weighted by Crippen LogP contribution is -2.49. The second kappa shape index (κ2) is 9.06. The summed E-state index contributed by atoms with van der Waals surface area (Å²) in [5.74, 6) is -0.848. The standard InChI is InChI=1S/C20H21ClIN5O5/c1-3-20(18(29)30)14(28)13(31-2)17(32-20)27-9-24-12-15(25-19(21)26-16(12)27)23-8-10-5-4-6-11(22)7-10/h4-7,9,13-14,17,28H,3,8H2,1-2H3,(H,29,30)(H,23,25,26)/t13?,14?,17-,20+/m1/s1. The van der Waals surface area contributed by atoms with Gasteiger partial charge in [-0.3, -0.25) is 4.57 Å². The first-order valence-corrected chi connectivity index (χ1v) is 11.3. The first-order valence-electron chi connectivity index (χ1n) is 9.81. The van der Waals surface area contributed by atoms with E-state index in [0.29, 0.717) is 23.5 Å². The Hall–Kier alpha value is -2.06. The van der Waals surface area contributed by atoms with Crippen molar-refractivity contribution < 1.29 is 24.5 Å². The van der Waals surface area contributed by atoms with Gasteiger partial charge in [0.1, 0.15) is 12.2 Å². The van der Waals surface area contributed by atoms with Crippen molar-refractivity contribution in [2.75, 3.05) is 12.4 Å². The molecule has 32 heavy (non-hydrogen) atoms. The molecule has 12 heteroatoms. The number of carboxylic acid groups (broad SMARTS) is 1. The number of nitrogens with zero attached hydrogens (tertiary/aromatic N) is 4. The number of carbonyl (C=O) groups is 1. The Labute approximate surface area is 202 Å². The molecule has 3 N–H and O–H groups in total. The predicted molar refractivity (Wildman–Crippen MR) is 124 cm³/mol. The van der Waals surface area contributed by atoms with Crippen LogP contribution in [0.3, 0.4) is 0 Å². The highest BCUT2D eigenvalue weighted by Crippen LogP contribution is 2.42. The van der Waals surface area contributed by atoms with Crippen LogP contribution in [-0.2, 0) is 20.8 Å². The molecule has 0 saturated carbocycles. The fourth-order valence-corrected chi connectivity index (χ4v) is 4.66. The normalized spacial score (nSPS) is 25.3. The van der Waals surface area contributed by atoms with Crippen LogP contribution in [0.2, 0.25) is 5.28 Å². The predicted octanol–water partition coefficient (Wildman–Crippen LogP) is 2.83. The van der Waals surface area contributed by atoms with E-state index in [9.17, 15) is 15.0 Å². The van der Waals surface area contributed by atoms with E-state index >= 15 is 0 Å². The number of fused-ring (bicyclic) bond motifs is 1. The van der Waals surface area contributed by atoms with Crippen LogP contribution in [0.4, 0.5) is 5.82 Å². The zero-order chi connectivity index (χ0) is 23.0. The van der Waals surface area contributed by atoms with Crippen molar-refractivity contribution >= 4 is 57.1 Å². The highest BCUT2D eigenvalue weighted by molar-refractivity contribution is 14.1. The number of methoxy groups -OCH3 is 1. The maximum atomic E-state index is 11.9. The molecule has 1 aliphatic heterocycles. The number of halogens is 2. The molecule has 2 aromatic heterocycles. The highest BCUT2D eigenvalue weighted by atomic mass is 127. The SMILES string of the molecule is CC[C@]1(C(=O)O)O[C@@H](n2cnc3c(NCc4cccc(I)c4)nc(Cl)nc32)C(OC)C1O. The number of aliphatic carboxylic acids is 1. The van der Waals surface area contributed by atoms with Gasteiger partial charge in [-0.25, -0.2) is 9.78 Å². The van der Waals surface area contributed by atoms with E-state index in [0.717, 1.165) is 9.13 Å². The maximum Gasteiger partial charge on any atom is 0.338 e. The van der Waals surface area contributed by atoms with Crippen LogP contribution in [0.1, 0.15) is 25.1 Å². The van der Waals surface area contributed by atoms with Gasteiger partial charge in [0.2, 0.25) is 5.28 Å². The van der Waals surface area contributed by atoms with Crippen molar-refractivity contribution in [1.29, 1.82) is 0 Å². The summed E-state index contributed by atoms with van der Waals surface area (Å²) >= 11 is 8.42. The van der Waals surface area contributed by atoms with Gasteiger partial charge in [0, 0.05) is 17.2 Å². The Bertz CT molecular complexity index is 1160. The molecule has 2 unspecified atom stereocenters. The number of carboxylic acids is 1. The number of ether oxygens (including phenoxy) is 2. The van der Waals surface area contributed by atoms with Crippen LogP contribution < -0.4 is 5.32 Å². The molecule has 1 aliphatic rings. The van der Waals surface area contributed by atoms with Crippen molar-refractivity contribution in [3.8, 4) is 0 Å². The number of nitrogens with one attached hydrogen (secondary N) is 1. The lowest BCUT2D eigenvalue weighted by atomic mass is 9.92. The summed E-state index contributed by atoms with van der Waals surface area (Å²) in [6, 6.07) is 7.99. The molecule has 170 valence electrons. The summed E-state index contributed by atoms with van der Waals surface area (Å²) in [5, 5.41) is 23.7. The lowest BCUT2D eigenvalue weighted by Gasteiger charge is -2.25. The van der Waals surface area contributed by atoms with Gasteiger partial charge in [-0.2, -0.15) is 9.97 Å². The number of aromatic nitrogens is 4. The highest BCUT2D eigenvalue weighted by Gasteiger charge is 2.59. The molecular weight excluding hydrogens is 553 g/mol. The summed E-state index contributed by atoms with van der Waals surface area (Å²) in [4.78, 5) is 24.9. The Morgan fingerprint density at radius 3 is 2.88 bits per heavy atom. The Kier molecular flexibility index (Phi) is 6.54. The van der Waals surface area contributed by atoms with Gasteiger partial charge in [-0.15, -0.1) is 0 Å². The van der Waals surface area contributed by atoms with E-state index < -0.39 is 30.0 Å². The number of aliphatic hydroxyl groups is 1. The number of hydrogen-bond acceptors (Lipinski definition) is 8. The molecular formula is C20H21ClIN5O5. The first kappa shape index (κ1) is 23.1. The molecule has 0 aliphatic carbocycles. The molecule has 10 nitrogen and oxygen atoms in total. The van der Waals surface area contributed by atoms with Crippen molar-refractivity contribution in [2.45, 2.75) is 43.9 Å². The Morgan fingerprint density at radius 2 is 2.22 bits per heavy atom. The monoisotopic (exact) mass is 573 g/mol.